The Labute approximate surface area is 475 Å². The van der Waals surface area contributed by atoms with Crippen molar-refractivity contribution in [3.63, 3.8) is 0 Å². The van der Waals surface area contributed by atoms with Gasteiger partial charge in [-0.1, -0.05) is 62.3 Å². The number of nitrogens with zero attached hydrogens (tertiary/aromatic N) is 3. The van der Waals surface area contributed by atoms with Crippen LogP contribution in [0.4, 0.5) is 0 Å². The Hall–Kier alpha value is -6.13. The van der Waals surface area contributed by atoms with Gasteiger partial charge in [0.2, 0.25) is 0 Å². The van der Waals surface area contributed by atoms with Crippen molar-refractivity contribution in [1.82, 2.24) is 14.7 Å². The third-order valence-electron chi connectivity index (χ3n) is 8.91. The molecule has 6 amide bonds. The topological polar surface area (TPSA) is 305 Å². The van der Waals surface area contributed by atoms with Gasteiger partial charge in [-0.15, -0.1) is 0 Å². The fourth-order valence-corrected chi connectivity index (χ4v) is 4.25. The second-order valence-electron chi connectivity index (χ2n) is 15.9. The summed E-state index contributed by atoms with van der Waals surface area (Å²) in [5.74, 6) is -6.33. The molecule has 3 aliphatic rings. The zero-order chi connectivity index (χ0) is 61.6. The van der Waals surface area contributed by atoms with Crippen molar-refractivity contribution in [1.29, 1.82) is 0 Å². The quantitative estimate of drug-likeness (QED) is 0.0279. The summed E-state index contributed by atoms with van der Waals surface area (Å²) in [7, 11) is 6.46. The molecule has 0 bridgehead atoms. The minimum atomic E-state index is -0.974. The summed E-state index contributed by atoms with van der Waals surface area (Å²) in [5.41, 5.74) is 0. The minimum Gasteiger partial charge on any atom is -0.460 e. The predicted molar refractivity (Wildman–Crippen MR) is 300 cm³/mol. The van der Waals surface area contributed by atoms with Gasteiger partial charge in [0, 0.05) is 83.1 Å². The molecule has 0 spiro atoms. The molecule has 0 aromatic heterocycles. The van der Waals surface area contributed by atoms with Crippen molar-refractivity contribution in [2.24, 2.45) is 0 Å². The van der Waals surface area contributed by atoms with Gasteiger partial charge in [0.1, 0.15) is 19.8 Å². The Morgan fingerprint density at radius 2 is 0.625 bits per heavy atom. The van der Waals surface area contributed by atoms with Crippen LogP contribution in [-0.2, 0) is 95.3 Å². The van der Waals surface area contributed by atoms with Crippen molar-refractivity contribution in [3.05, 3.63) is 74.4 Å². The SMILES string of the molecule is C.C.C=CC(=O)OCCO.C=CC(=O)OCCOC(C)(C)OCCOC(=O)C=C.CC.CC.CC(C)(OCCN1C(=O)C=CC1=O)OCCN1C(=O)C=CC1=O.COC(C)(C)OC.COC(C)(C)OC.O=C1C=CC(=O)N1CCO. The van der Waals surface area contributed by atoms with Crippen LogP contribution in [0.25, 0.3) is 0 Å². The first-order valence-electron chi connectivity index (χ1n) is 24.5. The molecular weight excluding hydrogens is 1050 g/mol. The molecule has 0 aromatic rings. The molecule has 25 nitrogen and oxygen atoms in total. The van der Waals surface area contributed by atoms with Crippen LogP contribution in [-0.4, -0.2) is 209 Å². The van der Waals surface area contributed by atoms with E-state index >= 15 is 0 Å². The van der Waals surface area contributed by atoms with E-state index in [0.717, 1.165) is 32.9 Å². The number of hydrogen-bond acceptors (Lipinski definition) is 22. The van der Waals surface area contributed by atoms with E-state index in [1.165, 1.54) is 36.5 Å². The van der Waals surface area contributed by atoms with E-state index < -0.39 is 41.1 Å². The van der Waals surface area contributed by atoms with E-state index in [9.17, 15) is 43.2 Å². The number of carbonyl (C=O) groups excluding carboxylic acids is 9. The first-order chi connectivity index (χ1) is 36.5. The number of aliphatic hydroxyl groups is 2. The van der Waals surface area contributed by atoms with Crippen LogP contribution >= 0.6 is 0 Å². The van der Waals surface area contributed by atoms with Crippen LogP contribution in [0.1, 0.15) is 97.9 Å². The third-order valence-corrected chi connectivity index (χ3v) is 8.91. The number of hydrogen-bond donors (Lipinski definition) is 2. The van der Waals surface area contributed by atoms with E-state index in [-0.39, 0.29) is 129 Å². The summed E-state index contributed by atoms with van der Waals surface area (Å²) in [6.07, 6.45) is 10.4. The maximum absolute atomic E-state index is 11.4. The largest absolute Gasteiger partial charge is 0.460 e. The number of rotatable bonds is 27. The summed E-state index contributed by atoms with van der Waals surface area (Å²) in [6.45, 7) is 32.8. The lowest BCUT2D eigenvalue weighted by atomic mass is 10.4. The molecule has 25 heteroatoms. The van der Waals surface area contributed by atoms with Crippen LogP contribution in [0, 0.1) is 0 Å². The summed E-state index contributed by atoms with van der Waals surface area (Å²) >= 11 is 0. The molecule has 3 aliphatic heterocycles. The predicted octanol–water partition coefficient (Wildman–Crippen LogP) is 4.79. The molecule has 0 atom stereocenters. The normalized spacial score (nSPS) is 12.9. The van der Waals surface area contributed by atoms with Crippen molar-refractivity contribution in [3.8, 4) is 0 Å². The lowest BCUT2D eigenvalue weighted by Crippen LogP contribution is -2.39. The van der Waals surface area contributed by atoms with Gasteiger partial charge in [-0.05, 0) is 55.4 Å². The lowest BCUT2D eigenvalue weighted by molar-refractivity contribution is -0.222. The number of esters is 3. The highest BCUT2D eigenvalue weighted by molar-refractivity contribution is 6.14. The molecule has 3 rings (SSSR count). The van der Waals surface area contributed by atoms with Crippen molar-refractivity contribution < 1.29 is 105 Å². The zero-order valence-electron chi connectivity index (χ0n) is 48.7. The Morgan fingerprint density at radius 3 is 0.825 bits per heavy atom. The first kappa shape index (κ1) is 87.7. The Kier molecular flexibility index (Phi) is 56.0. The molecule has 0 unspecified atom stereocenters. The van der Waals surface area contributed by atoms with Crippen molar-refractivity contribution in [2.75, 3.05) is 108 Å². The van der Waals surface area contributed by atoms with Gasteiger partial charge in [0.15, 0.2) is 23.1 Å². The summed E-state index contributed by atoms with van der Waals surface area (Å²) in [5, 5.41) is 16.5. The monoisotopic (exact) mass is 1150 g/mol. The number of β-amino-alcohol motifs (C(OH)–C–C–N with tert-alkyl or cyclic N) is 1. The highest BCUT2D eigenvalue weighted by Gasteiger charge is 2.27. The van der Waals surface area contributed by atoms with Crippen LogP contribution < -0.4 is 0 Å². The van der Waals surface area contributed by atoms with Crippen LogP contribution in [0.3, 0.4) is 0 Å². The number of ether oxygens (including phenoxy) is 11. The van der Waals surface area contributed by atoms with Gasteiger partial charge in [0.25, 0.3) is 35.4 Å². The fourth-order valence-electron chi connectivity index (χ4n) is 4.25. The van der Waals surface area contributed by atoms with Gasteiger partial charge in [-0.25, -0.2) is 14.4 Å². The molecular formula is C55H97N3O22. The van der Waals surface area contributed by atoms with Crippen molar-refractivity contribution in [2.45, 2.75) is 121 Å². The number of imide groups is 3. The van der Waals surface area contributed by atoms with Gasteiger partial charge in [-0.3, -0.25) is 43.5 Å². The van der Waals surface area contributed by atoms with Crippen LogP contribution in [0.2, 0.25) is 0 Å². The van der Waals surface area contributed by atoms with E-state index in [1.54, 1.807) is 56.1 Å². The molecule has 464 valence electrons. The van der Waals surface area contributed by atoms with Crippen molar-refractivity contribution >= 4 is 53.4 Å². The minimum absolute atomic E-state index is 0. The highest BCUT2D eigenvalue weighted by Crippen LogP contribution is 2.14. The first-order valence-corrected chi connectivity index (χ1v) is 24.5. The van der Waals surface area contributed by atoms with Crippen LogP contribution in [0.15, 0.2) is 74.4 Å². The summed E-state index contributed by atoms with van der Waals surface area (Å²) < 4.78 is 55.0. The number of amides is 6. The lowest BCUT2D eigenvalue weighted by Gasteiger charge is -2.27. The maximum Gasteiger partial charge on any atom is 0.330 e. The summed E-state index contributed by atoms with van der Waals surface area (Å²) in [4.78, 5) is 102. The molecule has 0 radical (unpaired) electrons. The molecule has 3 heterocycles. The molecule has 0 saturated heterocycles. The van der Waals surface area contributed by atoms with E-state index in [1.807, 2.05) is 55.4 Å². The highest BCUT2D eigenvalue weighted by atomic mass is 16.7. The third kappa shape index (κ3) is 46.8. The second kappa shape index (κ2) is 51.0. The Balaban J connectivity index is -0.000000167. The zero-order valence-corrected chi connectivity index (χ0v) is 48.7. The molecule has 0 fully saturated rings. The molecule has 0 saturated carbocycles. The van der Waals surface area contributed by atoms with Gasteiger partial charge >= 0.3 is 17.9 Å². The second-order valence-corrected chi connectivity index (χ2v) is 15.9. The maximum atomic E-state index is 11.4. The molecule has 0 aliphatic carbocycles. The van der Waals surface area contributed by atoms with Gasteiger partial charge < -0.3 is 62.3 Å². The Bertz CT molecular complexity index is 1750. The fraction of sp³-hybridized carbons (Fsp3) is 0.618. The molecule has 0 aromatic carbocycles. The number of methoxy groups -OCH3 is 4. The standard InChI is InChI=1S/C15H18N2O6.C13H20O6.C6H7NO3.C5H8O3.2C5H12O2.2C2H6.2CH4/c1-15(2,22-9-7-16-11(18)3-4-12(16)19)23-10-8-17-13(20)5-6-14(17)21;1-5-11(14)16-7-9-18-13(3,4)19-10-8-17-12(15)6-2;8-4-3-7-5(9)1-2-6(7)10;1-2-5(7)8-4-3-6;2*1-5(2,6-3)7-4;2*1-2;;/h3-6H,7-10H2,1-2H3;5-6H,1-2,7-10H2,3-4H3;1-2,8H,3-4H2;2,6H,1,3-4H2;2*1-4H3;2*1-2H3;2*1H4. The summed E-state index contributed by atoms with van der Waals surface area (Å²) in [6, 6.07) is 0. The molecule has 80 heavy (non-hydrogen) atoms. The smallest absolute Gasteiger partial charge is 0.330 e. The average molecular weight is 1150 g/mol. The van der Waals surface area contributed by atoms with Gasteiger partial charge in [-0.2, -0.15) is 0 Å². The average Bonchev–Trinajstić information content (AvgIpc) is 4.05. The van der Waals surface area contributed by atoms with Crippen LogP contribution in [0.5, 0.6) is 0 Å². The number of carbonyl (C=O) groups is 9. The molecule has 2 N–H and O–H groups in total. The van der Waals surface area contributed by atoms with E-state index in [4.69, 9.17) is 57.6 Å². The van der Waals surface area contributed by atoms with E-state index in [0.29, 0.717) is 0 Å². The Morgan fingerprint density at radius 1 is 0.400 bits per heavy atom. The number of aliphatic hydroxyl groups excluding tert-OH is 2. The van der Waals surface area contributed by atoms with Gasteiger partial charge in [0.05, 0.1) is 59.3 Å². The van der Waals surface area contributed by atoms with E-state index in [2.05, 4.69) is 24.5 Å².